The predicted molar refractivity (Wildman–Crippen MR) is 189 cm³/mol. The maximum absolute atomic E-state index is 11.9. The lowest BCUT2D eigenvalue weighted by Crippen LogP contribution is -2.26. The molecule has 0 saturated carbocycles. The number of carbonyl (C=O) groups is 4. The third kappa shape index (κ3) is 30.9. The van der Waals surface area contributed by atoms with Crippen molar-refractivity contribution in [2.75, 3.05) is 26.4 Å². The van der Waals surface area contributed by atoms with Gasteiger partial charge in [-0.3, -0.25) is 19.2 Å². The molecule has 47 heavy (non-hydrogen) atoms. The summed E-state index contributed by atoms with van der Waals surface area (Å²) in [6.45, 7) is 9.23. The molecular weight excluding hydrogens is 596 g/mol. The summed E-state index contributed by atoms with van der Waals surface area (Å²) in [5.74, 6) is -0.965. The second-order valence-electron chi connectivity index (χ2n) is 13.7. The van der Waals surface area contributed by atoms with Crippen molar-refractivity contribution in [1.82, 2.24) is 0 Å². The molecule has 0 bridgehead atoms. The largest absolute Gasteiger partial charge is 0.466 e. The zero-order valence-electron chi connectivity index (χ0n) is 31.0. The van der Waals surface area contributed by atoms with E-state index in [1.54, 1.807) is 0 Å². The van der Waals surface area contributed by atoms with E-state index in [0.717, 1.165) is 19.3 Å². The molecule has 0 amide bonds. The smallest absolute Gasteiger partial charge is 0.311 e. The minimum Gasteiger partial charge on any atom is -0.466 e. The second-order valence-corrected chi connectivity index (χ2v) is 13.7. The van der Waals surface area contributed by atoms with Gasteiger partial charge in [0.15, 0.2) is 0 Å². The first-order chi connectivity index (χ1) is 22.7. The predicted octanol–water partition coefficient (Wildman–Crippen LogP) is 10.4. The standard InChI is InChI=1S/C39H72O8/c1-5-7-8-9-10-11-12-13-14-15-16-17-18-19-20-24-31-44-36(41)29-23-26-33-46-35(40)28-22-21-25-32-45-37(42)30-27-34-47-38(43)39(3,4)6-2/h5-34H2,1-4H3. The van der Waals surface area contributed by atoms with Crippen molar-refractivity contribution in [2.45, 2.75) is 195 Å². The molecule has 0 saturated heterocycles. The Labute approximate surface area is 288 Å². The molecule has 0 radical (unpaired) electrons. The molecular formula is C39H72O8. The Bertz CT molecular complexity index is 779. The zero-order valence-corrected chi connectivity index (χ0v) is 31.0. The van der Waals surface area contributed by atoms with E-state index in [0.29, 0.717) is 71.2 Å². The van der Waals surface area contributed by atoms with Crippen LogP contribution < -0.4 is 0 Å². The average molecular weight is 669 g/mol. The van der Waals surface area contributed by atoms with Crippen molar-refractivity contribution < 1.29 is 38.1 Å². The summed E-state index contributed by atoms with van der Waals surface area (Å²) in [7, 11) is 0. The van der Waals surface area contributed by atoms with Crippen LogP contribution in [0.1, 0.15) is 195 Å². The quantitative estimate of drug-likeness (QED) is 0.0379. The van der Waals surface area contributed by atoms with Gasteiger partial charge in [-0.1, -0.05) is 110 Å². The lowest BCUT2D eigenvalue weighted by Gasteiger charge is -2.20. The molecule has 0 rings (SSSR count). The number of carbonyl (C=O) groups excluding carboxylic acids is 4. The van der Waals surface area contributed by atoms with Crippen LogP contribution in [0.2, 0.25) is 0 Å². The molecule has 0 N–H and O–H groups in total. The second kappa shape index (κ2) is 32.4. The van der Waals surface area contributed by atoms with Crippen LogP contribution in [0.25, 0.3) is 0 Å². The van der Waals surface area contributed by atoms with Crippen LogP contribution in [0.3, 0.4) is 0 Å². The Morgan fingerprint density at radius 1 is 0.383 bits per heavy atom. The molecule has 276 valence electrons. The van der Waals surface area contributed by atoms with Crippen molar-refractivity contribution in [3.8, 4) is 0 Å². The van der Waals surface area contributed by atoms with Crippen LogP contribution in [-0.2, 0) is 38.1 Å². The molecule has 0 heterocycles. The SMILES string of the molecule is CCCCCCCCCCCCCCCCCCOC(=O)CCCCOC(=O)CCCCCOC(=O)CCCOC(=O)C(C)(C)CC. The van der Waals surface area contributed by atoms with Gasteiger partial charge in [0.2, 0.25) is 0 Å². The van der Waals surface area contributed by atoms with Crippen LogP contribution in [0, 0.1) is 5.41 Å². The lowest BCUT2D eigenvalue weighted by molar-refractivity contribution is -0.155. The summed E-state index contributed by atoms with van der Waals surface area (Å²) >= 11 is 0. The number of esters is 4. The highest BCUT2D eigenvalue weighted by molar-refractivity contribution is 5.75. The van der Waals surface area contributed by atoms with E-state index in [-0.39, 0.29) is 36.9 Å². The Morgan fingerprint density at radius 2 is 0.681 bits per heavy atom. The first-order valence-electron chi connectivity index (χ1n) is 19.4. The van der Waals surface area contributed by atoms with Crippen molar-refractivity contribution in [2.24, 2.45) is 5.41 Å². The zero-order chi connectivity index (χ0) is 34.9. The van der Waals surface area contributed by atoms with Gasteiger partial charge in [0.05, 0.1) is 31.8 Å². The van der Waals surface area contributed by atoms with Crippen molar-refractivity contribution in [3.63, 3.8) is 0 Å². The van der Waals surface area contributed by atoms with Gasteiger partial charge in [0, 0.05) is 19.3 Å². The summed E-state index contributed by atoms with van der Waals surface area (Å²) in [5, 5.41) is 0. The van der Waals surface area contributed by atoms with Gasteiger partial charge in [0.25, 0.3) is 0 Å². The maximum atomic E-state index is 11.9. The van der Waals surface area contributed by atoms with Crippen molar-refractivity contribution in [1.29, 1.82) is 0 Å². The molecule has 0 aromatic rings. The number of rotatable bonds is 34. The summed E-state index contributed by atoms with van der Waals surface area (Å²) < 4.78 is 21.0. The average Bonchev–Trinajstić information content (AvgIpc) is 3.05. The highest BCUT2D eigenvalue weighted by Gasteiger charge is 2.26. The molecule has 8 nitrogen and oxygen atoms in total. The molecule has 0 atom stereocenters. The molecule has 0 fully saturated rings. The first-order valence-corrected chi connectivity index (χ1v) is 19.4. The van der Waals surface area contributed by atoms with Crippen LogP contribution in [0.15, 0.2) is 0 Å². The first kappa shape index (κ1) is 44.9. The third-order valence-corrected chi connectivity index (χ3v) is 8.78. The van der Waals surface area contributed by atoms with Gasteiger partial charge in [-0.25, -0.2) is 0 Å². The molecule has 0 aliphatic rings. The summed E-state index contributed by atoms with van der Waals surface area (Å²) in [4.78, 5) is 47.5. The van der Waals surface area contributed by atoms with E-state index in [9.17, 15) is 19.2 Å². The van der Waals surface area contributed by atoms with Gasteiger partial charge in [-0.15, -0.1) is 0 Å². The highest BCUT2D eigenvalue weighted by Crippen LogP contribution is 2.21. The van der Waals surface area contributed by atoms with Gasteiger partial charge >= 0.3 is 23.9 Å². The van der Waals surface area contributed by atoms with E-state index < -0.39 is 5.41 Å². The van der Waals surface area contributed by atoms with Gasteiger partial charge in [-0.2, -0.15) is 0 Å². The van der Waals surface area contributed by atoms with E-state index in [1.165, 1.54) is 89.9 Å². The number of unbranched alkanes of at least 4 members (excludes halogenated alkanes) is 18. The number of hydrogen-bond donors (Lipinski definition) is 0. The van der Waals surface area contributed by atoms with Gasteiger partial charge < -0.3 is 18.9 Å². The molecule has 0 unspecified atom stereocenters. The fourth-order valence-corrected chi connectivity index (χ4v) is 5.07. The highest BCUT2D eigenvalue weighted by atomic mass is 16.5. The molecule has 0 aliphatic carbocycles. The van der Waals surface area contributed by atoms with Crippen molar-refractivity contribution >= 4 is 23.9 Å². The third-order valence-electron chi connectivity index (χ3n) is 8.78. The number of ether oxygens (including phenoxy) is 4. The molecule has 0 aliphatic heterocycles. The van der Waals surface area contributed by atoms with Crippen LogP contribution in [-0.4, -0.2) is 50.3 Å². The van der Waals surface area contributed by atoms with E-state index in [1.807, 2.05) is 20.8 Å². The molecule has 0 aromatic carbocycles. The fraction of sp³-hybridized carbons (Fsp3) is 0.897. The minimum atomic E-state index is -0.507. The maximum Gasteiger partial charge on any atom is 0.311 e. The van der Waals surface area contributed by atoms with Crippen LogP contribution in [0.5, 0.6) is 0 Å². The Hall–Kier alpha value is -2.12. The van der Waals surface area contributed by atoms with E-state index in [2.05, 4.69) is 6.92 Å². The topological polar surface area (TPSA) is 105 Å². The molecule has 0 spiro atoms. The van der Waals surface area contributed by atoms with Crippen LogP contribution >= 0.6 is 0 Å². The summed E-state index contributed by atoms with van der Waals surface area (Å²) in [6, 6.07) is 0. The summed E-state index contributed by atoms with van der Waals surface area (Å²) in [6.07, 6.45) is 26.6. The molecule has 8 heteroatoms. The van der Waals surface area contributed by atoms with Gasteiger partial charge in [-0.05, 0) is 65.2 Å². The normalized spacial score (nSPS) is 11.3. The van der Waals surface area contributed by atoms with E-state index in [4.69, 9.17) is 18.9 Å². The fourth-order valence-electron chi connectivity index (χ4n) is 5.07. The Morgan fingerprint density at radius 3 is 1.09 bits per heavy atom. The van der Waals surface area contributed by atoms with Crippen LogP contribution in [0.4, 0.5) is 0 Å². The Kier molecular flexibility index (Phi) is 31.0. The minimum absolute atomic E-state index is 0.169. The Balaban J connectivity index is 3.41. The number of hydrogen-bond acceptors (Lipinski definition) is 8. The summed E-state index contributed by atoms with van der Waals surface area (Å²) in [5.41, 5.74) is -0.507. The van der Waals surface area contributed by atoms with Crippen molar-refractivity contribution in [3.05, 3.63) is 0 Å². The van der Waals surface area contributed by atoms with E-state index >= 15 is 0 Å². The lowest BCUT2D eigenvalue weighted by atomic mass is 9.91. The monoisotopic (exact) mass is 669 g/mol. The molecule has 0 aromatic heterocycles. The van der Waals surface area contributed by atoms with Gasteiger partial charge in [0.1, 0.15) is 0 Å².